The van der Waals surface area contributed by atoms with E-state index in [4.69, 9.17) is 10.00 Å². The first kappa shape index (κ1) is 13.8. The molecule has 5 heteroatoms. The maximum Gasteiger partial charge on any atom is 0.161 e. The molecule has 1 aliphatic heterocycles. The van der Waals surface area contributed by atoms with E-state index in [1.54, 1.807) is 31.0 Å². The summed E-state index contributed by atoms with van der Waals surface area (Å²) in [6, 6.07) is 7.79. The molecule has 1 heterocycles. The van der Waals surface area contributed by atoms with Crippen LogP contribution < -0.4 is 10.1 Å². The van der Waals surface area contributed by atoms with E-state index in [0.29, 0.717) is 22.6 Å². The van der Waals surface area contributed by atoms with Crippen molar-refractivity contribution < 1.29 is 4.74 Å². The van der Waals surface area contributed by atoms with Gasteiger partial charge in [0.25, 0.3) is 0 Å². The van der Waals surface area contributed by atoms with Crippen molar-refractivity contribution >= 4 is 22.6 Å². The zero-order valence-corrected chi connectivity index (χ0v) is 12.1. The van der Waals surface area contributed by atoms with Gasteiger partial charge in [0.1, 0.15) is 5.75 Å². The number of nitrogens with one attached hydrogen (secondary N) is 1. The zero-order chi connectivity index (χ0) is 13.8. The molecule has 100 valence electrons. The second-order valence-electron chi connectivity index (χ2n) is 4.60. The largest absolute Gasteiger partial charge is 0.495 e. The number of ether oxygens (including phenoxy) is 1. The highest BCUT2D eigenvalue weighted by Gasteiger charge is 2.19. The maximum atomic E-state index is 8.89. The number of thioether (sulfide) groups is 1. The molecule has 0 aromatic heterocycles. The van der Waals surface area contributed by atoms with Gasteiger partial charge in [-0.3, -0.25) is 4.99 Å². The lowest BCUT2D eigenvalue weighted by atomic mass is 10.2. The zero-order valence-electron chi connectivity index (χ0n) is 11.3. The normalized spacial score (nSPS) is 22.3. The lowest BCUT2D eigenvalue weighted by molar-refractivity contribution is 0.417. The lowest BCUT2D eigenvalue weighted by Crippen LogP contribution is -2.22. The summed E-state index contributed by atoms with van der Waals surface area (Å²) < 4.78 is 5.31. The Morgan fingerprint density at radius 1 is 1.47 bits per heavy atom. The molecule has 0 fully saturated rings. The van der Waals surface area contributed by atoms with Crippen LogP contribution in [0.1, 0.15) is 25.8 Å². The molecule has 0 radical (unpaired) electrons. The van der Waals surface area contributed by atoms with E-state index in [2.05, 4.69) is 30.2 Å². The van der Waals surface area contributed by atoms with Gasteiger partial charge in [-0.15, -0.1) is 0 Å². The minimum absolute atomic E-state index is 0.336. The topological polar surface area (TPSA) is 57.4 Å². The highest BCUT2D eigenvalue weighted by atomic mass is 32.2. The summed E-state index contributed by atoms with van der Waals surface area (Å²) in [6.45, 7) is 4.32. The number of rotatable bonds is 2. The Morgan fingerprint density at radius 3 is 2.89 bits per heavy atom. The van der Waals surface area contributed by atoms with Crippen LogP contribution in [0.2, 0.25) is 0 Å². The van der Waals surface area contributed by atoms with E-state index < -0.39 is 0 Å². The molecule has 1 aromatic carbocycles. The van der Waals surface area contributed by atoms with Crippen LogP contribution in [0.15, 0.2) is 23.2 Å². The maximum absolute atomic E-state index is 8.89. The molecule has 0 bridgehead atoms. The third-order valence-corrected chi connectivity index (χ3v) is 3.92. The molecule has 1 aliphatic rings. The highest BCUT2D eigenvalue weighted by Crippen LogP contribution is 2.30. The first-order chi connectivity index (χ1) is 9.12. The van der Waals surface area contributed by atoms with Crippen LogP contribution in [0, 0.1) is 11.3 Å². The van der Waals surface area contributed by atoms with Crippen LogP contribution in [0.5, 0.6) is 5.75 Å². The standard InChI is InChI=1S/C14H17N3OS/c1-9-6-10(2)19-14(16-9)17-12-5-4-11(8-15)7-13(12)18-3/h4-5,7,9-10H,6H2,1-3H3,(H,16,17). The van der Waals surface area contributed by atoms with Crippen molar-refractivity contribution in [3.63, 3.8) is 0 Å². The molecular weight excluding hydrogens is 258 g/mol. The lowest BCUT2D eigenvalue weighted by Gasteiger charge is -2.23. The van der Waals surface area contributed by atoms with Gasteiger partial charge < -0.3 is 10.1 Å². The van der Waals surface area contributed by atoms with Gasteiger partial charge in [0.15, 0.2) is 5.17 Å². The van der Waals surface area contributed by atoms with Crippen LogP contribution in [-0.4, -0.2) is 23.6 Å². The summed E-state index contributed by atoms with van der Waals surface area (Å²) in [5, 5.41) is 13.6. The van der Waals surface area contributed by atoms with Crippen LogP contribution in [0.4, 0.5) is 5.69 Å². The first-order valence-corrected chi connectivity index (χ1v) is 7.10. The van der Waals surface area contributed by atoms with Crippen molar-refractivity contribution in [2.24, 2.45) is 4.99 Å². The van der Waals surface area contributed by atoms with Gasteiger partial charge in [0.05, 0.1) is 30.5 Å². The third kappa shape index (κ3) is 3.42. The van der Waals surface area contributed by atoms with Crippen LogP contribution in [0.25, 0.3) is 0 Å². The fourth-order valence-corrected chi connectivity index (χ4v) is 3.21. The van der Waals surface area contributed by atoms with E-state index in [1.165, 1.54) is 0 Å². The van der Waals surface area contributed by atoms with Gasteiger partial charge >= 0.3 is 0 Å². The molecular formula is C14H17N3OS. The van der Waals surface area contributed by atoms with Crippen molar-refractivity contribution in [3.05, 3.63) is 23.8 Å². The number of nitriles is 1. The summed E-state index contributed by atoms with van der Waals surface area (Å²) in [5.41, 5.74) is 1.43. The monoisotopic (exact) mass is 275 g/mol. The van der Waals surface area contributed by atoms with Crippen LogP contribution in [-0.2, 0) is 0 Å². The quantitative estimate of drug-likeness (QED) is 0.900. The molecule has 2 atom stereocenters. The number of aliphatic imine (C=N–C) groups is 1. The Kier molecular flexibility index (Phi) is 4.33. The van der Waals surface area contributed by atoms with Crippen LogP contribution in [0.3, 0.4) is 0 Å². The molecule has 2 unspecified atom stereocenters. The van der Waals surface area contributed by atoms with Crippen molar-refractivity contribution in [3.8, 4) is 11.8 Å². The molecule has 0 spiro atoms. The molecule has 19 heavy (non-hydrogen) atoms. The fraction of sp³-hybridized carbons (Fsp3) is 0.429. The number of anilines is 1. The molecule has 1 N–H and O–H groups in total. The van der Waals surface area contributed by atoms with Crippen molar-refractivity contribution in [2.75, 3.05) is 12.4 Å². The average Bonchev–Trinajstić information content (AvgIpc) is 2.38. The van der Waals surface area contributed by atoms with Crippen molar-refractivity contribution in [1.29, 1.82) is 5.26 Å². The summed E-state index contributed by atoms with van der Waals surface area (Å²) in [7, 11) is 1.60. The van der Waals surface area contributed by atoms with E-state index in [9.17, 15) is 0 Å². The molecule has 2 rings (SSSR count). The number of hydrogen-bond acceptors (Lipinski definition) is 5. The first-order valence-electron chi connectivity index (χ1n) is 6.22. The molecule has 4 nitrogen and oxygen atoms in total. The number of amidine groups is 1. The second kappa shape index (κ2) is 5.98. The number of hydrogen-bond donors (Lipinski definition) is 1. The average molecular weight is 275 g/mol. The minimum Gasteiger partial charge on any atom is -0.495 e. The number of methoxy groups -OCH3 is 1. The Morgan fingerprint density at radius 2 is 2.26 bits per heavy atom. The summed E-state index contributed by atoms with van der Waals surface area (Å²) in [4.78, 5) is 4.59. The Balaban J connectivity index is 2.22. The second-order valence-corrected chi connectivity index (χ2v) is 6.03. The highest BCUT2D eigenvalue weighted by molar-refractivity contribution is 8.14. The predicted octanol–water partition coefficient (Wildman–Crippen LogP) is 3.25. The number of nitrogens with zero attached hydrogens (tertiary/aromatic N) is 2. The van der Waals surface area contributed by atoms with Gasteiger partial charge in [-0.1, -0.05) is 18.7 Å². The predicted molar refractivity (Wildman–Crippen MR) is 79.9 cm³/mol. The fourth-order valence-electron chi connectivity index (χ4n) is 2.04. The molecule has 0 amide bonds. The van der Waals surface area contributed by atoms with Gasteiger partial charge in [0.2, 0.25) is 0 Å². The number of benzene rings is 1. The smallest absolute Gasteiger partial charge is 0.161 e. The Bertz CT molecular complexity index is 536. The van der Waals surface area contributed by atoms with Crippen LogP contribution >= 0.6 is 11.8 Å². The summed E-state index contributed by atoms with van der Waals surface area (Å²) in [6.07, 6.45) is 1.10. The molecule has 1 aromatic rings. The molecule has 0 saturated heterocycles. The van der Waals surface area contributed by atoms with Gasteiger partial charge in [-0.05, 0) is 25.5 Å². The van der Waals surface area contributed by atoms with E-state index in [1.807, 2.05) is 6.07 Å². The van der Waals surface area contributed by atoms with Gasteiger partial charge in [-0.2, -0.15) is 5.26 Å². The Hall–Kier alpha value is -1.67. The van der Waals surface area contributed by atoms with Crippen molar-refractivity contribution in [1.82, 2.24) is 0 Å². The Labute approximate surface area is 117 Å². The molecule has 0 aliphatic carbocycles. The minimum atomic E-state index is 0.336. The van der Waals surface area contributed by atoms with Crippen molar-refractivity contribution in [2.45, 2.75) is 31.6 Å². The SMILES string of the molecule is COc1cc(C#N)ccc1NC1=NC(C)CC(C)S1. The van der Waals surface area contributed by atoms with E-state index in [-0.39, 0.29) is 0 Å². The third-order valence-electron chi connectivity index (χ3n) is 2.90. The van der Waals surface area contributed by atoms with Gasteiger partial charge in [0, 0.05) is 11.3 Å². The van der Waals surface area contributed by atoms with E-state index in [0.717, 1.165) is 17.3 Å². The summed E-state index contributed by atoms with van der Waals surface area (Å²) in [5.74, 6) is 0.660. The van der Waals surface area contributed by atoms with E-state index >= 15 is 0 Å². The summed E-state index contributed by atoms with van der Waals surface area (Å²) >= 11 is 1.73. The van der Waals surface area contributed by atoms with Gasteiger partial charge in [-0.25, -0.2) is 0 Å². The molecule has 0 saturated carbocycles.